The Balaban J connectivity index is 1.75. The summed E-state index contributed by atoms with van der Waals surface area (Å²) in [6.07, 6.45) is 2.99. The normalized spacial score (nSPS) is 16.0. The molecule has 152 valence electrons. The van der Waals surface area contributed by atoms with E-state index in [9.17, 15) is 9.18 Å². The number of hydrogen-bond donors (Lipinski definition) is 0. The highest BCUT2D eigenvalue weighted by Crippen LogP contribution is 2.36. The highest BCUT2D eigenvalue weighted by atomic mass is 35.5. The van der Waals surface area contributed by atoms with Gasteiger partial charge in [0.2, 0.25) is 0 Å². The predicted octanol–water partition coefficient (Wildman–Crippen LogP) is 6.09. The fourth-order valence-electron chi connectivity index (χ4n) is 4.21. The second-order valence-electron chi connectivity index (χ2n) is 8.00. The molecule has 3 nitrogen and oxygen atoms in total. The second-order valence-corrected chi connectivity index (χ2v) is 9.52. The molecule has 0 amide bonds. The number of nitrogens with zero attached hydrogens (tertiary/aromatic N) is 2. The van der Waals surface area contributed by atoms with Crippen LogP contribution in [0.3, 0.4) is 0 Å². The minimum atomic E-state index is -0.315. The van der Waals surface area contributed by atoms with Crippen molar-refractivity contribution >= 4 is 33.2 Å². The Kier molecular flexibility index (Phi) is 4.95. The van der Waals surface area contributed by atoms with E-state index in [2.05, 4.69) is 6.92 Å². The fraction of sp³-hybridized carbons (Fsp3) is 0.250. The van der Waals surface area contributed by atoms with E-state index in [0.717, 1.165) is 46.2 Å². The highest BCUT2D eigenvalue weighted by Gasteiger charge is 2.25. The maximum absolute atomic E-state index is 13.8. The third-order valence-corrected chi connectivity index (χ3v) is 7.15. The Hall–Kier alpha value is -2.50. The van der Waals surface area contributed by atoms with Gasteiger partial charge in [-0.2, -0.15) is 0 Å². The molecule has 0 aliphatic heterocycles. The quantitative estimate of drug-likeness (QED) is 0.388. The first-order chi connectivity index (χ1) is 14.5. The van der Waals surface area contributed by atoms with Crippen LogP contribution in [0, 0.1) is 11.7 Å². The van der Waals surface area contributed by atoms with Crippen LogP contribution in [0.4, 0.5) is 4.39 Å². The maximum atomic E-state index is 13.8. The summed E-state index contributed by atoms with van der Waals surface area (Å²) in [5.41, 5.74) is 2.64. The van der Waals surface area contributed by atoms with Crippen LogP contribution in [0.1, 0.15) is 29.3 Å². The van der Waals surface area contributed by atoms with Crippen molar-refractivity contribution in [1.82, 2.24) is 9.55 Å². The lowest BCUT2D eigenvalue weighted by Crippen LogP contribution is -2.24. The summed E-state index contributed by atoms with van der Waals surface area (Å²) < 4.78 is 15.5. The van der Waals surface area contributed by atoms with Gasteiger partial charge in [-0.1, -0.05) is 30.7 Å². The lowest BCUT2D eigenvalue weighted by Gasteiger charge is -2.18. The minimum Gasteiger partial charge on any atom is -0.288 e. The molecule has 0 saturated heterocycles. The van der Waals surface area contributed by atoms with Crippen LogP contribution < -0.4 is 5.56 Å². The van der Waals surface area contributed by atoms with Gasteiger partial charge in [-0.3, -0.25) is 9.36 Å². The zero-order chi connectivity index (χ0) is 20.8. The summed E-state index contributed by atoms with van der Waals surface area (Å²) in [5.74, 6) is 0.889. The lowest BCUT2D eigenvalue weighted by atomic mass is 9.89. The van der Waals surface area contributed by atoms with E-state index >= 15 is 0 Å². The first-order valence-corrected chi connectivity index (χ1v) is 11.2. The molecule has 4 aromatic rings. The summed E-state index contributed by atoms with van der Waals surface area (Å²) >= 11 is 7.70. The summed E-state index contributed by atoms with van der Waals surface area (Å²) in [6, 6.07) is 13.7. The Morgan fingerprint density at radius 1 is 1.23 bits per heavy atom. The number of thiophene rings is 1. The lowest BCUT2D eigenvalue weighted by molar-refractivity contribution is 0.509. The molecule has 30 heavy (non-hydrogen) atoms. The van der Waals surface area contributed by atoms with E-state index < -0.39 is 0 Å². The molecule has 0 radical (unpaired) electrons. The van der Waals surface area contributed by atoms with Gasteiger partial charge in [0.1, 0.15) is 16.5 Å². The zero-order valence-electron chi connectivity index (χ0n) is 16.5. The molecular formula is C24H20ClFN2OS. The van der Waals surface area contributed by atoms with Crippen molar-refractivity contribution in [2.45, 2.75) is 32.7 Å². The zero-order valence-corrected chi connectivity index (χ0v) is 18.1. The van der Waals surface area contributed by atoms with Gasteiger partial charge in [-0.05, 0) is 72.7 Å². The molecule has 0 bridgehead atoms. The Morgan fingerprint density at radius 3 is 2.80 bits per heavy atom. The average molecular weight is 439 g/mol. The first-order valence-electron chi connectivity index (χ1n) is 10.0. The molecule has 1 unspecified atom stereocenters. The van der Waals surface area contributed by atoms with E-state index in [1.165, 1.54) is 17.0 Å². The summed E-state index contributed by atoms with van der Waals surface area (Å²) in [7, 11) is 0. The van der Waals surface area contributed by atoms with Crippen LogP contribution in [-0.2, 0) is 19.4 Å². The van der Waals surface area contributed by atoms with Crippen LogP contribution >= 0.6 is 22.9 Å². The summed E-state index contributed by atoms with van der Waals surface area (Å²) in [6.45, 7) is 2.51. The predicted molar refractivity (Wildman–Crippen MR) is 121 cm³/mol. The van der Waals surface area contributed by atoms with Gasteiger partial charge in [0.15, 0.2) is 0 Å². The van der Waals surface area contributed by atoms with Gasteiger partial charge >= 0.3 is 0 Å². The molecule has 0 N–H and O–H groups in total. The van der Waals surface area contributed by atoms with Crippen LogP contribution in [0.2, 0.25) is 5.02 Å². The monoisotopic (exact) mass is 438 g/mol. The van der Waals surface area contributed by atoms with E-state index in [4.69, 9.17) is 16.6 Å². The van der Waals surface area contributed by atoms with E-state index in [-0.39, 0.29) is 17.9 Å². The number of aryl methyl sites for hydroxylation is 1. The van der Waals surface area contributed by atoms with Gasteiger partial charge in [0.05, 0.1) is 11.9 Å². The Morgan fingerprint density at radius 2 is 2.03 bits per heavy atom. The van der Waals surface area contributed by atoms with Crippen LogP contribution in [0.25, 0.3) is 21.6 Å². The molecule has 1 aliphatic carbocycles. The van der Waals surface area contributed by atoms with Crippen LogP contribution in [-0.4, -0.2) is 9.55 Å². The van der Waals surface area contributed by atoms with Crippen LogP contribution in [0.5, 0.6) is 0 Å². The van der Waals surface area contributed by atoms with Crippen molar-refractivity contribution in [3.05, 3.63) is 85.7 Å². The highest BCUT2D eigenvalue weighted by molar-refractivity contribution is 7.18. The Bertz CT molecular complexity index is 1310. The Labute approximate surface area is 182 Å². The van der Waals surface area contributed by atoms with Gasteiger partial charge in [0, 0.05) is 15.5 Å². The maximum Gasteiger partial charge on any atom is 0.263 e. The van der Waals surface area contributed by atoms with Crippen molar-refractivity contribution in [2.24, 2.45) is 5.92 Å². The first kappa shape index (κ1) is 19.5. The second kappa shape index (κ2) is 7.64. The molecule has 2 aromatic carbocycles. The van der Waals surface area contributed by atoms with Crippen molar-refractivity contribution in [3.8, 4) is 11.4 Å². The number of hydrogen-bond acceptors (Lipinski definition) is 3. The average Bonchev–Trinajstić information content (AvgIpc) is 3.08. The third kappa shape index (κ3) is 3.46. The third-order valence-electron chi connectivity index (χ3n) is 5.75. The minimum absolute atomic E-state index is 0.0544. The molecule has 5 rings (SSSR count). The van der Waals surface area contributed by atoms with Crippen LogP contribution in [0.15, 0.2) is 53.3 Å². The van der Waals surface area contributed by atoms with Gasteiger partial charge in [-0.25, -0.2) is 9.37 Å². The molecule has 6 heteroatoms. The van der Waals surface area contributed by atoms with Gasteiger partial charge in [-0.15, -0.1) is 11.3 Å². The SMILES string of the molecule is CC1CCc2c(sc3nc(-c4ccc(Cl)cc4)n(Cc4cccc(F)c4)c(=O)c23)C1. The largest absolute Gasteiger partial charge is 0.288 e. The summed E-state index contributed by atoms with van der Waals surface area (Å²) in [5, 5.41) is 1.36. The number of halogens is 2. The number of rotatable bonds is 3. The number of aromatic nitrogens is 2. The molecule has 1 atom stereocenters. The number of fused-ring (bicyclic) bond motifs is 3. The van der Waals surface area contributed by atoms with Crippen molar-refractivity contribution in [3.63, 3.8) is 0 Å². The van der Waals surface area contributed by atoms with Crippen molar-refractivity contribution in [1.29, 1.82) is 0 Å². The van der Waals surface area contributed by atoms with E-state index in [1.54, 1.807) is 34.1 Å². The van der Waals surface area contributed by atoms with Crippen molar-refractivity contribution < 1.29 is 4.39 Å². The summed E-state index contributed by atoms with van der Waals surface area (Å²) in [4.78, 5) is 20.7. The number of benzene rings is 2. The fourth-order valence-corrected chi connectivity index (χ4v) is 5.71. The van der Waals surface area contributed by atoms with E-state index in [1.807, 2.05) is 18.2 Å². The molecule has 1 aliphatic rings. The van der Waals surface area contributed by atoms with E-state index in [0.29, 0.717) is 16.8 Å². The molecule has 2 heterocycles. The smallest absolute Gasteiger partial charge is 0.263 e. The molecule has 0 saturated carbocycles. The van der Waals surface area contributed by atoms with Crippen molar-refractivity contribution in [2.75, 3.05) is 0 Å². The van der Waals surface area contributed by atoms with Gasteiger partial charge in [0.25, 0.3) is 5.56 Å². The standard InChI is InChI=1S/C24H20ClFN2OS/c1-14-5-10-19-20(11-14)30-23-21(19)24(29)28(13-15-3-2-4-18(26)12-15)22(27-23)16-6-8-17(25)9-7-16/h2-4,6-9,12,14H,5,10-11,13H2,1H3. The molecule has 2 aromatic heterocycles. The van der Waals surface area contributed by atoms with Gasteiger partial charge < -0.3 is 0 Å². The molecule has 0 fully saturated rings. The molecular weight excluding hydrogens is 419 g/mol. The molecule has 0 spiro atoms. The topological polar surface area (TPSA) is 34.9 Å².